The van der Waals surface area contributed by atoms with Crippen molar-refractivity contribution in [3.05, 3.63) is 24.3 Å². The lowest BCUT2D eigenvalue weighted by Crippen LogP contribution is -2.16. The van der Waals surface area contributed by atoms with E-state index >= 15 is 0 Å². The molecular formula is C9H13N3. The Bertz CT molecular complexity index is 231. The maximum atomic E-state index is 4.17. The smallest absolute Gasteiger partial charge is 0.0724 e. The first-order valence-electron chi connectivity index (χ1n) is 4.41. The maximum absolute atomic E-state index is 4.17. The van der Waals surface area contributed by atoms with Gasteiger partial charge < -0.3 is 5.32 Å². The van der Waals surface area contributed by atoms with E-state index in [2.05, 4.69) is 15.3 Å². The molecule has 3 heteroatoms. The van der Waals surface area contributed by atoms with Gasteiger partial charge in [0.15, 0.2) is 0 Å². The molecule has 1 aromatic rings. The summed E-state index contributed by atoms with van der Waals surface area (Å²) >= 11 is 0. The lowest BCUT2D eigenvalue weighted by Gasteiger charge is -2.00. The van der Waals surface area contributed by atoms with Gasteiger partial charge in [-0.2, -0.15) is 0 Å². The van der Waals surface area contributed by atoms with Crippen LogP contribution in [0.4, 0.5) is 0 Å². The van der Waals surface area contributed by atoms with E-state index in [9.17, 15) is 0 Å². The number of nitrogens with zero attached hydrogens (tertiary/aromatic N) is 2. The summed E-state index contributed by atoms with van der Waals surface area (Å²) in [4.78, 5) is 8.17. The van der Waals surface area contributed by atoms with Crippen molar-refractivity contribution in [2.75, 3.05) is 6.54 Å². The number of nitrogens with one attached hydrogen (secondary N) is 1. The van der Waals surface area contributed by atoms with Crippen LogP contribution < -0.4 is 5.32 Å². The van der Waals surface area contributed by atoms with Crippen molar-refractivity contribution in [2.24, 2.45) is 5.92 Å². The molecule has 0 aromatic carbocycles. The van der Waals surface area contributed by atoms with E-state index in [4.69, 9.17) is 0 Å². The van der Waals surface area contributed by atoms with E-state index in [1.165, 1.54) is 12.8 Å². The van der Waals surface area contributed by atoms with Crippen LogP contribution >= 0.6 is 0 Å². The highest BCUT2D eigenvalue weighted by Gasteiger charge is 2.19. The van der Waals surface area contributed by atoms with E-state index in [-0.39, 0.29) is 0 Å². The van der Waals surface area contributed by atoms with Crippen LogP contribution in [0.3, 0.4) is 0 Å². The van der Waals surface area contributed by atoms with Gasteiger partial charge in [-0.1, -0.05) is 0 Å². The van der Waals surface area contributed by atoms with Gasteiger partial charge in [-0.3, -0.25) is 9.97 Å². The van der Waals surface area contributed by atoms with Crippen molar-refractivity contribution in [2.45, 2.75) is 19.4 Å². The molecule has 0 bridgehead atoms. The predicted octanol–water partition coefficient (Wildman–Crippen LogP) is 0.976. The fourth-order valence-electron chi connectivity index (χ4n) is 1.15. The zero-order chi connectivity index (χ0) is 8.23. The Labute approximate surface area is 72.2 Å². The quantitative estimate of drug-likeness (QED) is 0.719. The van der Waals surface area contributed by atoms with Crippen molar-refractivity contribution in [3.63, 3.8) is 0 Å². The normalized spacial score (nSPS) is 16.3. The van der Waals surface area contributed by atoms with E-state index in [1.807, 2.05) is 0 Å². The second-order valence-corrected chi connectivity index (χ2v) is 3.27. The Morgan fingerprint density at radius 3 is 3.00 bits per heavy atom. The zero-order valence-corrected chi connectivity index (χ0v) is 7.03. The molecule has 0 spiro atoms. The van der Waals surface area contributed by atoms with E-state index < -0.39 is 0 Å². The van der Waals surface area contributed by atoms with Gasteiger partial charge in [0.2, 0.25) is 0 Å². The summed E-state index contributed by atoms with van der Waals surface area (Å²) in [5.41, 5.74) is 1.03. The van der Waals surface area contributed by atoms with Gasteiger partial charge in [-0.15, -0.1) is 0 Å². The standard InChI is InChI=1S/C9H13N3/c1-2-8(1)5-11-7-9-6-10-3-4-12-9/h3-4,6,8,11H,1-2,5,7H2. The molecule has 0 atom stereocenters. The van der Waals surface area contributed by atoms with Crippen molar-refractivity contribution in [1.82, 2.24) is 15.3 Å². The van der Waals surface area contributed by atoms with Crippen LogP contribution in [-0.2, 0) is 6.54 Å². The number of hydrogen-bond acceptors (Lipinski definition) is 3. The first kappa shape index (κ1) is 7.68. The van der Waals surface area contributed by atoms with Crippen LogP contribution in [0, 0.1) is 5.92 Å². The summed E-state index contributed by atoms with van der Waals surface area (Å²) in [6.45, 7) is 1.99. The molecule has 1 saturated carbocycles. The topological polar surface area (TPSA) is 37.8 Å². The number of hydrogen-bond donors (Lipinski definition) is 1. The molecule has 12 heavy (non-hydrogen) atoms. The fraction of sp³-hybridized carbons (Fsp3) is 0.556. The van der Waals surface area contributed by atoms with Crippen molar-refractivity contribution >= 4 is 0 Å². The van der Waals surface area contributed by atoms with Crippen LogP contribution in [0.1, 0.15) is 18.5 Å². The third-order valence-electron chi connectivity index (χ3n) is 2.05. The minimum Gasteiger partial charge on any atom is -0.311 e. The summed E-state index contributed by atoms with van der Waals surface area (Å²) < 4.78 is 0. The van der Waals surface area contributed by atoms with Crippen LogP contribution in [0.5, 0.6) is 0 Å². The average molecular weight is 163 g/mol. The van der Waals surface area contributed by atoms with Gasteiger partial charge in [0.05, 0.1) is 5.69 Å². The maximum Gasteiger partial charge on any atom is 0.0724 e. The van der Waals surface area contributed by atoms with Crippen LogP contribution in [-0.4, -0.2) is 16.5 Å². The van der Waals surface area contributed by atoms with Crippen LogP contribution in [0.25, 0.3) is 0 Å². The molecule has 2 rings (SSSR count). The molecular weight excluding hydrogens is 150 g/mol. The van der Waals surface area contributed by atoms with Gasteiger partial charge in [-0.25, -0.2) is 0 Å². The second-order valence-electron chi connectivity index (χ2n) is 3.27. The number of rotatable bonds is 4. The lowest BCUT2D eigenvalue weighted by atomic mass is 10.4. The monoisotopic (exact) mass is 163 g/mol. The molecule has 1 aliphatic carbocycles. The largest absolute Gasteiger partial charge is 0.311 e. The van der Waals surface area contributed by atoms with Crippen molar-refractivity contribution in [3.8, 4) is 0 Å². The predicted molar refractivity (Wildman–Crippen MR) is 46.5 cm³/mol. The molecule has 0 aliphatic heterocycles. The minimum absolute atomic E-state index is 0.852. The molecule has 1 aromatic heterocycles. The van der Waals surface area contributed by atoms with Crippen LogP contribution in [0.15, 0.2) is 18.6 Å². The van der Waals surface area contributed by atoms with Gasteiger partial charge in [-0.05, 0) is 25.3 Å². The van der Waals surface area contributed by atoms with Crippen LogP contribution in [0.2, 0.25) is 0 Å². The van der Waals surface area contributed by atoms with Crippen molar-refractivity contribution in [1.29, 1.82) is 0 Å². The Hall–Kier alpha value is -0.960. The van der Waals surface area contributed by atoms with Gasteiger partial charge in [0.1, 0.15) is 0 Å². The first-order chi connectivity index (χ1) is 5.95. The molecule has 0 unspecified atom stereocenters. The SMILES string of the molecule is c1cnc(CNCC2CC2)cn1. The zero-order valence-electron chi connectivity index (χ0n) is 7.03. The molecule has 0 radical (unpaired) electrons. The third-order valence-corrected chi connectivity index (χ3v) is 2.05. The van der Waals surface area contributed by atoms with E-state index in [0.717, 1.165) is 24.7 Å². The van der Waals surface area contributed by atoms with E-state index in [0.29, 0.717) is 0 Å². The summed E-state index contributed by atoms with van der Waals surface area (Å²) in [6.07, 6.45) is 8.03. The minimum atomic E-state index is 0.852. The molecule has 1 N–H and O–H groups in total. The van der Waals surface area contributed by atoms with Crippen molar-refractivity contribution < 1.29 is 0 Å². The Morgan fingerprint density at radius 2 is 2.33 bits per heavy atom. The summed E-state index contributed by atoms with van der Waals surface area (Å²) in [5.74, 6) is 0.932. The van der Waals surface area contributed by atoms with E-state index in [1.54, 1.807) is 18.6 Å². The molecule has 1 fully saturated rings. The molecule has 0 amide bonds. The molecule has 64 valence electrons. The second kappa shape index (κ2) is 3.63. The fourth-order valence-corrected chi connectivity index (χ4v) is 1.15. The Balaban J connectivity index is 1.72. The first-order valence-corrected chi connectivity index (χ1v) is 4.41. The lowest BCUT2D eigenvalue weighted by molar-refractivity contribution is 0.628. The van der Waals surface area contributed by atoms with Gasteiger partial charge in [0.25, 0.3) is 0 Å². The highest BCUT2D eigenvalue weighted by atomic mass is 14.9. The summed E-state index contributed by atoms with van der Waals surface area (Å²) in [5, 5.41) is 3.36. The molecule has 3 nitrogen and oxygen atoms in total. The Kier molecular flexibility index (Phi) is 2.32. The highest BCUT2D eigenvalue weighted by molar-refractivity contribution is 4.93. The highest BCUT2D eigenvalue weighted by Crippen LogP contribution is 2.27. The van der Waals surface area contributed by atoms with Gasteiger partial charge >= 0.3 is 0 Å². The summed E-state index contributed by atoms with van der Waals surface area (Å²) in [6, 6.07) is 0. The van der Waals surface area contributed by atoms with Gasteiger partial charge in [0, 0.05) is 25.1 Å². The Morgan fingerprint density at radius 1 is 1.42 bits per heavy atom. The molecule has 1 heterocycles. The molecule has 0 saturated heterocycles. The average Bonchev–Trinajstić information content (AvgIpc) is 2.90. The molecule has 1 aliphatic rings. The third kappa shape index (κ3) is 2.27. The summed E-state index contributed by atoms with van der Waals surface area (Å²) in [7, 11) is 0. The number of aromatic nitrogens is 2.